The van der Waals surface area contributed by atoms with Crippen LogP contribution in [0.5, 0.6) is 17.2 Å². The number of methoxy groups -OCH3 is 2. The molecule has 2 aromatic carbocycles. The van der Waals surface area contributed by atoms with Crippen molar-refractivity contribution in [3.05, 3.63) is 48.0 Å². The smallest absolute Gasteiger partial charge is 0.416 e. The Bertz CT molecular complexity index is 882. The molecule has 2 N–H and O–H groups in total. The highest BCUT2D eigenvalue weighted by Crippen LogP contribution is 2.31. The average Bonchev–Trinajstić information content (AvgIpc) is 2.69. The van der Waals surface area contributed by atoms with E-state index in [1.54, 1.807) is 18.2 Å². The van der Waals surface area contributed by atoms with Gasteiger partial charge in [-0.3, -0.25) is 0 Å². The van der Waals surface area contributed by atoms with E-state index in [0.717, 1.165) is 12.1 Å². The molecule has 0 unspecified atom stereocenters. The van der Waals surface area contributed by atoms with E-state index in [1.807, 2.05) is 0 Å². The van der Waals surface area contributed by atoms with Crippen LogP contribution in [0.3, 0.4) is 0 Å². The SMILES string of the molecule is COc1cc(NC(=O)NCC#CCOc2cccc(C(F)(F)F)c2)cc(OC)c1. The Morgan fingerprint density at radius 2 is 1.69 bits per heavy atom. The van der Waals surface area contributed by atoms with Crippen LogP contribution >= 0.6 is 0 Å². The van der Waals surface area contributed by atoms with Crippen LogP contribution in [0.15, 0.2) is 42.5 Å². The fourth-order valence-corrected chi connectivity index (χ4v) is 2.17. The van der Waals surface area contributed by atoms with Gasteiger partial charge in [0, 0.05) is 23.9 Å². The molecule has 2 amide bonds. The van der Waals surface area contributed by atoms with Crippen molar-refractivity contribution >= 4 is 11.7 Å². The molecule has 0 fully saturated rings. The molecule has 0 atom stereocenters. The number of alkyl halides is 3. The van der Waals surface area contributed by atoms with Gasteiger partial charge in [-0.2, -0.15) is 13.2 Å². The quantitative estimate of drug-likeness (QED) is 0.711. The Morgan fingerprint density at radius 1 is 1.00 bits per heavy atom. The van der Waals surface area contributed by atoms with Crippen LogP contribution in [0.1, 0.15) is 5.56 Å². The largest absolute Gasteiger partial charge is 0.497 e. The van der Waals surface area contributed by atoms with Crippen LogP contribution in [-0.2, 0) is 6.18 Å². The van der Waals surface area contributed by atoms with E-state index in [9.17, 15) is 18.0 Å². The van der Waals surface area contributed by atoms with Crippen LogP contribution in [0.4, 0.5) is 23.7 Å². The molecule has 0 aliphatic carbocycles. The first kappa shape index (κ1) is 21.8. The second-order valence-electron chi connectivity index (χ2n) is 5.58. The molecule has 0 radical (unpaired) electrons. The van der Waals surface area contributed by atoms with E-state index in [2.05, 4.69) is 22.5 Å². The number of carbonyl (C=O) groups is 1. The fraction of sp³-hybridized carbons (Fsp3) is 0.250. The van der Waals surface area contributed by atoms with E-state index in [4.69, 9.17) is 14.2 Å². The Hall–Kier alpha value is -3.54. The lowest BCUT2D eigenvalue weighted by Crippen LogP contribution is -2.29. The number of rotatable bonds is 6. The molecule has 2 rings (SSSR count). The predicted octanol–water partition coefficient (Wildman–Crippen LogP) is 3.93. The Labute approximate surface area is 166 Å². The molecule has 6 nitrogen and oxygen atoms in total. The fourth-order valence-electron chi connectivity index (χ4n) is 2.17. The summed E-state index contributed by atoms with van der Waals surface area (Å²) >= 11 is 0. The van der Waals surface area contributed by atoms with Gasteiger partial charge in [0.25, 0.3) is 0 Å². The first-order valence-electron chi connectivity index (χ1n) is 8.35. The zero-order valence-electron chi connectivity index (χ0n) is 15.7. The number of benzene rings is 2. The number of ether oxygens (including phenoxy) is 3. The van der Waals surface area contributed by atoms with Crippen molar-refractivity contribution in [2.45, 2.75) is 6.18 Å². The van der Waals surface area contributed by atoms with Gasteiger partial charge in [0.05, 0.1) is 26.3 Å². The summed E-state index contributed by atoms with van der Waals surface area (Å²) in [5.41, 5.74) is -0.324. The molecule has 0 spiro atoms. The molecule has 0 saturated carbocycles. The lowest BCUT2D eigenvalue weighted by molar-refractivity contribution is -0.137. The van der Waals surface area contributed by atoms with Crippen molar-refractivity contribution in [1.29, 1.82) is 0 Å². The van der Waals surface area contributed by atoms with Crippen LogP contribution in [-0.4, -0.2) is 33.4 Å². The second-order valence-corrected chi connectivity index (χ2v) is 5.58. The molecular formula is C20H19F3N2O4. The van der Waals surface area contributed by atoms with E-state index in [-0.39, 0.29) is 18.9 Å². The van der Waals surface area contributed by atoms with Crippen LogP contribution < -0.4 is 24.8 Å². The van der Waals surface area contributed by atoms with Crippen molar-refractivity contribution < 1.29 is 32.2 Å². The number of urea groups is 1. The van der Waals surface area contributed by atoms with Crippen LogP contribution in [0, 0.1) is 11.8 Å². The van der Waals surface area contributed by atoms with Gasteiger partial charge in [0.1, 0.15) is 23.9 Å². The Balaban J connectivity index is 1.78. The second kappa shape index (κ2) is 10.1. The van der Waals surface area contributed by atoms with Crippen LogP contribution in [0.25, 0.3) is 0 Å². The van der Waals surface area contributed by atoms with Crippen molar-refractivity contribution in [2.75, 3.05) is 32.7 Å². The third kappa shape index (κ3) is 7.18. The Morgan fingerprint density at radius 3 is 2.31 bits per heavy atom. The normalized spacial score (nSPS) is 10.4. The maximum Gasteiger partial charge on any atom is 0.416 e. The van der Waals surface area contributed by atoms with Gasteiger partial charge in [-0.05, 0) is 18.2 Å². The lowest BCUT2D eigenvalue weighted by Gasteiger charge is -2.10. The zero-order valence-corrected chi connectivity index (χ0v) is 15.7. The van der Waals surface area contributed by atoms with Gasteiger partial charge in [0.15, 0.2) is 0 Å². The molecule has 0 aliphatic rings. The number of halogens is 3. The molecule has 29 heavy (non-hydrogen) atoms. The van der Waals surface area contributed by atoms with Gasteiger partial charge in [-0.15, -0.1) is 0 Å². The highest BCUT2D eigenvalue weighted by atomic mass is 19.4. The monoisotopic (exact) mass is 408 g/mol. The molecule has 9 heteroatoms. The molecule has 0 aliphatic heterocycles. The highest BCUT2D eigenvalue weighted by Gasteiger charge is 2.30. The predicted molar refractivity (Wildman–Crippen MR) is 101 cm³/mol. The van der Waals surface area contributed by atoms with E-state index >= 15 is 0 Å². The van der Waals surface area contributed by atoms with Crippen LogP contribution in [0.2, 0.25) is 0 Å². The number of amides is 2. The summed E-state index contributed by atoms with van der Waals surface area (Å²) in [4.78, 5) is 11.9. The molecule has 0 heterocycles. The average molecular weight is 408 g/mol. The van der Waals surface area contributed by atoms with Gasteiger partial charge in [-0.25, -0.2) is 4.79 Å². The molecule has 2 aromatic rings. The van der Waals surface area contributed by atoms with E-state index in [1.165, 1.54) is 26.4 Å². The molecule has 0 aromatic heterocycles. The molecular weight excluding hydrogens is 389 g/mol. The molecule has 0 bridgehead atoms. The maximum absolute atomic E-state index is 12.6. The number of carbonyl (C=O) groups excluding carboxylic acids is 1. The number of hydrogen-bond acceptors (Lipinski definition) is 4. The standard InChI is InChI=1S/C20H19F3N2O4/c1-27-17-11-15(12-18(13-17)28-2)25-19(26)24-8-3-4-9-29-16-7-5-6-14(10-16)20(21,22)23/h5-7,10-13H,8-9H2,1-2H3,(H2,24,25,26). The van der Waals surface area contributed by atoms with Gasteiger partial charge in [0.2, 0.25) is 0 Å². The first-order valence-corrected chi connectivity index (χ1v) is 8.35. The number of hydrogen-bond donors (Lipinski definition) is 2. The summed E-state index contributed by atoms with van der Waals surface area (Å²) in [5, 5.41) is 5.14. The minimum atomic E-state index is -4.44. The summed E-state index contributed by atoms with van der Waals surface area (Å²) in [6, 6.07) is 8.94. The summed E-state index contributed by atoms with van der Waals surface area (Å²) < 4.78 is 53.3. The van der Waals surface area contributed by atoms with Crippen molar-refractivity contribution in [3.63, 3.8) is 0 Å². The minimum Gasteiger partial charge on any atom is -0.497 e. The number of nitrogens with one attached hydrogen (secondary N) is 2. The van der Waals surface area contributed by atoms with Crippen molar-refractivity contribution in [1.82, 2.24) is 5.32 Å². The third-order valence-corrected chi connectivity index (χ3v) is 3.54. The summed E-state index contributed by atoms with van der Waals surface area (Å²) in [6.45, 7) is -0.0867. The third-order valence-electron chi connectivity index (χ3n) is 3.54. The van der Waals surface area contributed by atoms with E-state index < -0.39 is 17.8 Å². The maximum atomic E-state index is 12.6. The van der Waals surface area contributed by atoms with Gasteiger partial charge in [-0.1, -0.05) is 17.9 Å². The molecule has 154 valence electrons. The van der Waals surface area contributed by atoms with Gasteiger partial charge >= 0.3 is 12.2 Å². The summed E-state index contributed by atoms with van der Waals surface area (Å²) in [7, 11) is 2.99. The number of anilines is 1. The topological polar surface area (TPSA) is 68.8 Å². The summed E-state index contributed by atoms with van der Waals surface area (Å²) in [5.74, 6) is 6.36. The van der Waals surface area contributed by atoms with E-state index in [0.29, 0.717) is 17.2 Å². The Kier molecular flexibility index (Phi) is 7.60. The van der Waals surface area contributed by atoms with Crippen molar-refractivity contribution in [3.8, 4) is 29.1 Å². The molecule has 0 saturated heterocycles. The minimum absolute atomic E-state index is 0.0267. The first-order chi connectivity index (χ1) is 13.8. The summed E-state index contributed by atoms with van der Waals surface area (Å²) in [6.07, 6.45) is -4.44. The van der Waals surface area contributed by atoms with Gasteiger partial charge < -0.3 is 24.8 Å². The zero-order chi connectivity index (χ0) is 21.3. The highest BCUT2D eigenvalue weighted by molar-refractivity contribution is 5.89. The lowest BCUT2D eigenvalue weighted by atomic mass is 10.2. The van der Waals surface area contributed by atoms with Crippen molar-refractivity contribution in [2.24, 2.45) is 0 Å².